The van der Waals surface area contributed by atoms with E-state index in [2.05, 4.69) is 24.1 Å². The Labute approximate surface area is 173 Å². The van der Waals surface area contributed by atoms with E-state index in [0.29, 0.717) is 17.2 Å². The minimum Gasteiger partial charge on any atom is -0.351 e. The molecule has 0 aliphatic rings. The number of amides is 1. The summed E-state index contributed by atoms with van der Waals surface area (Å²) in [4.78, 5) is 14.4. The van der Waals surface area contributed by atoms with Gasteiger partial charge in [0.25, 0.3) is 0 Å². The molecule has 0 spiro atoms. The highest BCUT2D eigenvalue weighted by Gasteiger charge is 2.18. The molecule has 2 rings (SSSR count). The fourth-order valence-corrected chi connectivity index (χ4v) is 4.06. The molecular formula is C22H27N3O3S. The van der Waals surface area contributed by atoms with Crippen molar-refractivity contribution in [3.8, 4) is 6.07 Å². The van der Waals surface area contributed by atoms with Crippen LogP contribution in [0.1, 0.15) is 36.1 Å². The molecule has 0 radical (unpaired) electrons. The van der Waals surface area contributed by atoms with Crippen LogP contribution in [0, 0.1) is 11.3 Å². The zero-order valence-corrected chi connectivity index (χ0v) is 17.9. The second-order valence-corrected chi connectivity index (χ2v) is 9.46. The number of benzene rings is 2. The maximum atomic E-state index is 12.3. The van der Waals surface area contributed by atoms with Crippen molar-refractivity contribution in [2.45, 2.75) is 38.7 Å². The van der Waals surface area contributed by atoms with Crippen molar-refractivity contribution in [1.82, 2.24) is 10.2 Å². The highest BCUT2D eigenvalue weighted by molar-refractivity contribution is 7.91. The Morgan fingerprint density at radius 3 is 2.31 bits per heavy atom. The van der Waals surface area contributed by atoms with Crippen molar-refractivity contribution in [3.63, 3.8) is 0 Å². The van der Waals surface area contributed by atoms with E-state index in [9.17, 15) is 13.2 Å². The first-order valence-electron chi connectivity index (χ1n) is 9.43. The predicted molar refractivity (Wildman–Crippen MR) is 114 cm³/mol. The van der Waals surface area contributed by atoms with Gasteiger partial charge in [0.15, 0.2) is 9.84 Å². The minimum atomic E-state index is -3.60. The summed E-state index contributed by atoms with van der Waals surface area (Å²) in [6, 6.07) is 16.5. The molecule has 7 heteroatoms. The summed E-state index contributed by atoms with van der Waals surface area (Å²) in [7, 11) is -1.56. The molecule has 0 bridgehead atoms. The molecule has 0 fully saturated rings. The van der Waals surface area contributed by atoms with E-state index in [4.69, 9.17) is 5.26 Å². The van der Waals surface area contributed by atoms with Crippen LogP contribution in [0.15, 0.2) is 48.5 Å². The van der Waals surface area contributed by atoms with Gasteiger partial charge in [0.05, 0.1) is 17.4 Å². The molecule has 1 amide bonds. The van der Waals surface area contributed by atoms with Crippen molar-refractivity contribution in [2.24, 2.45) is 0 Å². The van der Waals surface area contributed by atoms with Gasteiger partial charge in [-0.3, -0.25) is 9.69 Å². The number of nitrogens with one attached hydrogen (secondary N) is 1. The van der Waals surface area contributed by atoms with Crippen LogP contribution in [0.2, 0.25) is 0 Å². The van der Waals surface area contributed by atoms with Crippen molar-refractivity contribution >= 4 is 15.7 Å². The maximum Gasteiger partial charge on any atom is 0.235 e. The SMILES string of the molecule is CC(C)N(C)Cc1ccccc1CNC(=O)CS(=O)(=O)Cc1ccc(C#N)cc1. The summed E-state index contributed by atoms with van der Waals surface area (Å²) >= 11 is 0. The number of nitriles is 1. The summed E-state index contributed by atoms with van der Waals surface area (Å²) in [6.45, 7) is 5.26. The molecule has 154 valence electrons. The van der Waals surface area contributed by atoms with E-state index in [1.165, 1.54) is 0 Å². The van der Waals surface area contributed by atoms with Gasteiger partial charge in [-0.15, -0.1) is 0 Å². The molecule has 0 aliphatic carbocycles. The molecule has 0 aliphatic heterocycles. The first kappa shape index (κ1) is 22.6. The first-order valence-corrected chi connectivity index (χ1v) is 11.3. The second kappa shape index (κ2) is 10.2. The molecule has 1 N–H and O–H groups in total. The fraction of sp³-hybridized carbons (Fsp3) is 0.364. The highest BCUT2D eigenvalue weighted by Crippen LogP contribution is 2.13. The van der Waals surface area contributed by atoms with Crippen LogP contribution in [0.4, 0.5) is 0 Å². The lowest BCUT2D eigenvalue weighted by molar-refractivity contribution is -0.118. The monoisotopic (exact) mass is 413 g/mol. The summed E-state index contributed by atoms with van der Waals surface area (Å²) in [5, 5.41) is 11.5. The molecule has 0 aromatic heterocycles. The number of hydrogen-bond acceptors (Lipinski definition) is 5. The van der Waals surface area contributed by atoms with Gasteiger partial charge in [-0.1, -0.05) is 36.4 Å². The number of rotatable bonds is 9. The van der Waals surface area contributed by atoms with Gasteiger partial charge in [0, 0.05) is 19.1 Å². The molecule has 0 heterocycles. The molecule has 0 saturated carbocycles. The van der Waals surface area contributed by atoms with E-state index in [0.717, 1.165) is 17.7 Å². The minimum absolute atomic E-state index is 0.234. The van der Waals surface area contributed by atoms with Crippen LogP contribution in [0.25, 0.3) is 0 Å². The van der Waals surface area contributed by atoms with E-state index in [1.807, 2.05) is 37.4 Å². The molecule has 2 aromatic rings. The average molecular weight is 414 g/mol. The smallest absolute Gasteiger partial charge is 0.235 e. The predicted octanol–water partition coefficient (Wildman–Crippen LogP) is 2.63. The van der Waals surface area contributed by atoms with Gasteiger partial charge in [-0.05, 0) is 49.7 Å². The standard InChI is InChI=1S/C22H27N3O3S/c1-17(2)25(3)14-21-7-5-4-6-20(21)13-24-22(26)16-29(27,28)15-19-10-8-18(12-23)9-11-19/h4-11,17H,13-16H2,1-3H3,(H,24,26). The first-order chi connectivity index (χ1) is 13.7. The molecule has 2 aromatic carbocycles. The number of carbonyl (C=O) groups is 1. The number of carbonyl (C=O) groups excluding carboxylic acids is 1. The van der Waals surface area contributed by atoms with Crippen LogP contribution >= 0.6 is 0 Å². The van der Waals surface area contributed by atoms with Crippen LogP contribution < -0.4 is 5.32 Å². The second-order valence-electron chi connectivity index (χ2n) is 7.40. The van der Waals surface area contributed by atoms with Crippen LogP contribution in [0.3, 0.4) is 0 Å². The van der Waals surface area contributed by atoms with Crippen molar-refractivity contribution in [2.75, 3.05) is 12.8 Å². The molecule has 0 saturated heterocycles. The molecule has 0 atom stereocenters. The quantitative estimate of drug-likeness (QED) is 0.682. The van der Waals surface area contributed by atoms with Gasteiger partial charge in [0.2, 0.25) is 5.91 Å². The third kappa shape index (κ3) is 7.33. The lowest BCUT2D eigenvalue weighted by Gasteiger charge is -2.22. The summed E-state index contributed by atoms with van der Waals surface area (Å²) < 4.78 is 24.7. The largest absolute Gasteiger partial charge is 0.351 e. The summed E-state index contributed by atoms with van der Waals surface area (Å²) in [6.07, 6.45) is 0. The number of nitrogens with zero attached hydrogens (tertiary/aromatic N) is 2. The number of sulfone groups is 1. The summed E-state index contributed by atoms with van der Waals surface area (Å²) in [5.74, 6) is -1.33. The van der Waals surface area contributed by atoms with E-state index in [-0.39, 0.29) is 12.3 Å². The van der Waals surface area contributed by atoms with Crippen LogP contribution in [-0.2, 0) is 33.5 Å². The Balaban J connectivity index is 1.94. The zero-order valence-electron chi connectivity index (χ0n) is 17.1. The van der Waals surface area contributed by atoms with Crippen molar-refractivity contribution < 1.29 is 13.2 Å². The lowest BCUT2D eigenvalue weighted by atomic mass is 10.1. The average Bonchev–Trinajstić information content (AvgIpc) is 2.67. The van der Waals surface area contributed by atoms with E-state index >= 15 is 0 Å². The van der Waals surface area contributed by atoms with Gasteiger partial charge < -0.3 is 5.32 Å². The van der Waals surface area contributed by atoms with Gasteiger partial charge in [-0.2, -0.15) is 5.26 Å². The highest BCUT2D eigenvalue weighted by atomic mass is 32.2. The Bertz CT molecular complexity index is 977. The maximum absolute atomic E-state index is 12.3. The Kier molecular flexibility index (Phi) is 7.94. The Morgan fingerprint density at radius 1 is 1.10 bits per heavy atom. The van der Waals surface area contributed by atoms with Gasteiger partial charge in [-0.25, -0.2) is 8.42 Å². The molecule has 29 heavy (non-hydrogen) atoms. The fourth-order valence-electron chi connectivity index (χ4n) is 2.76. The topological polar surface area (TPSA) is 90.3 Å². The lowest BCUT2D eigenvalue weighted by Crippen LogP contribution is -2.31. The summed E-state index contributed by atoms with van der Waals surface area (Å²) in [5.41, 5.74) is 3.09. The number of hydrogen-bond donors (Lipinski definition) is 1. The Hall–Kier alpha value is -2.69. The van der Waals surface area contributed by atoms with Crippen LogP contribution in [-0.4, -0.2) is 38.1 Å². The normalized spacial score (nSPS) is 11.4. The third-order valence-electron chi connectivity index (χ3n) is 4.72. The van der Waals surface area contributed by atoms with Gasteiger partial charge >= 0.3 is 0 Å². The van der Waals surface area contributed by atoms with Crippen molar-refractivity contribution in [1.29, 1.82) is 5.26 Å². The molecule has 6 nitrogen and oxygen atoms in total. The molecule has 0 unspecified atom stereocenters. The molecular weight excluding hydrogens is 386 g/mol. The van der Waals surface area contributed by atoms with Crippen molar-refractivity contribution in [3.05, 3.63) is 70.8 Å². The zero-order chi connectivity index (χ0) is 21.4. The van der Waals surface area contributed by atoms with Crippen LogP contribution in [0.5, 0.6) is 0 Å². The third-order valence-corrected chi connectivity index (χ3v) is 6.19. The van der Waals surface area contributed by atoms with Gasteiger partial charge in [0.1, 0.15) is 5.75 Å². The van der Waals surface area contributed by atoms with E-state index < -0.39 is 21.5 Å². The van der Waals surface area contributed by atoms with E-state index in [1.54, 1.807) is 24.3 Å². The Morgan fingerprint density at radius 2 is 1.72 bits per heavy atom.